The van der Waals surface area contributed by atoms with Crippen LogP contribution in [0.4, 0.5) is 0 Å². The summed E-state index contributed by atoms with van der Waals surface area (Å²) in [7, 11) is 0. The Kier molecular flexibility index (Phi) is 3.53. The van der Waals surface area contributed by atoms with E-state index in [0.717, 1.165) is 26.1 Å². The first-order chi connectivity index (χ1) is 6.39. The molecular formula is C11H21NO2. The highest BCUT2D eigenvalue weighted by Crippen LogP contribution is 2.29. The van der Waals surface area contributed by atoms with Gasteiger partial charge in [-0.3, -0.25) is 4.79 Å². The van der Waals surface area contributed by atoms with Crippen molar-refractivity contribution in [1.82, 2.24) is 4.90 Å². The van der Waals surface area contributed by atoms with Crippen molar-refractivity contribution in [2.24, 2.45) is 11.3 Å². The SMILES string of the molecule is CC(CCC(=O)O)CN1CC(C)(C)C1. The molecule has 0 amide bonds. The van der Waals surface area contributed by atoms with Gasteiger partial charge in [-0.15, -0.1) is 0 Å². The van der Waals surface area contributed by atoms with Gasteiger partial charge in [0.2, 0.25) is 0 Å². The van der Waals surface area contributed by atoms with E-state index in [2.05, 4.69) is 25.7 Å². The van der Waals surface area contributed by atoms with Crippen molar-refractivity contribution in [1.29, 1.82) is 0 Å². The quantitative estimate of drug-likeness (QED) is 0.734. The summed E-state index contributed by atoms with van der Waals surface area (Å²) in [6.07, 6.45) is 1.10. The second-order valence-electron chi connectivity index (χ2n) is 5.37. The van der Waals surface area contributed by atoms with Crippen LogP contribution in [-0.4, -0.2) is 35.6 Å². The normalized spacial score (nSPS) is 22.8. The summed E-state index contributed by atoms with van der Waals surface area (Å²) in [5.41, 5.74) is 0.479. The van der Waals surface area contributed by atoms with Crippen LogP contribution in [0.25, 0.3) is 0 Å². The maximum atomic E-state index is 10.4. The maximum Gasteiger partial charge on any atom is 0.303 e. The van der Waals surface area contributed by atoms with Gasteiger partial charge in [-0.1, -0.05) is 20.8 Å². The highest BCUT2D eigenvalue weighted by molar-refractivity contribution is 5.66. The lowest BCUT2D eigenvalue weighted by Gasteiger charge is -2.47. The molecule has 0 spiro atoms. The Morgan fingerprint density at radius 1 is 1.50 bits per heavy atom. The molecule has 0 saturated carbocycles. The molecule has 14 heavy (non-hydrogen) atoms. The zero-order chi connectivity index (χ0) is 10.8. The fourth-order valence-corrected chi connectivity index (χ4v) is 2.20. The third kappa shape index (κ3) is 3.66. The van der Waals surface area contributed by atoms with Crippen LogP contribution >= 0.6 is 0 Å². The smallest absolute Gasteiger partial charge is 0.303 e. The van der Waals surface area contributed by atoms with Crippen molar-refractivity contribution in [3.05, 3.63) is 0 Å². The van der Waals surface area contributed by atoms with Gasteiger partial charge in [0.25, 0.3) is 0 Å². The number of aliphatic carboxylic acids is 1. The Morgan fingerprint density at radius 3 is 2.50 bits per heavy atom. The molecule has 0 aromatic heterocycles. The second kappa shape index (κ2) is 4.30. The van der Waals surface area contributed by atoms with Gasteiger partial charge in [-0.05, 0) is 17.8 Å². The summed E-state index contributed by atoms with van der Waals surface area (Å²) < 4.78 is 0. The first-order valence-electron chi connectivity index (χ1n) is 5.33. The third-order valence-corrected chi connectivity index (χ3v) is 2.72. The summed E-state index contributed by atoms with van der Waals surface area (Å²) in [4.78, 5) is 12.8. The lowest BCUT2D eigenvalue weighted by Crippen LogP contribution is -2.53. The van der Waals surface area contributed by atoms with E-state index in [0.29, 0.717) is 17.8 Å². The van der Waals surface area contributed by atoms with Crippen LogP contribution in [0.3, 0.4) is 0 Å². The van der Waals surface area contributed by atoms with E-state index >= 15 is 0 Å². The molecule has 82 valence electrons. The predicted octanol–water partition coefficient (Wildman–Crippen LogP) is 1.83. The number of likely N-dealkylation sites (tertiary alicyclic amines) is 1. The summed E-state index contributed by atoms with van der Waals surface area (Å²) in [5.74, 6) is -0.178. The Labute approximate surface area is 86.1 Å². The zero-order valence-electron chi connectivity index (χ0n) is 9.42. The molecule has 1 N–H and O–H groups in total. The predicted molar refractivity (Wildman–Crippen MR) is 56.3 cm³/mol. The van der Waals surface area contributed by atoms with Crippen LogP contribution in [0.2, 0.25) is 0 Å². The van der Waals surface area contributed by atoms with E-state index in [-0.39, 0.29) is 0 Å². The summed E-state index contributed by atoms with van der Waals surface area (Å²) >= 11 is 0. The fourth-order valence-electron chi connectivity index (χ4n) is 2.20. The summed E-state index contributed by atoms with van der Waals surface area (Å²) in [5, 5.41) is 8.54. The molecule has 3 nitrogen and oxygen atoms in total. The number of carboxylic acid groups (broad SMARTS) is 1. The highest BCUT2D eigenvalue weighted by atomic mass is 16.4. The number of hydrogen-bond donors (Lipinski definition) is 1. The summed E-state index contributed by atoms with van der Waals surface area (Å²) in [6.45, 7) is 10.0. The van der Waals surface area contributed by atoms with Crippen LogP contribution in [0.1, 0.15) is 33.6 Å². The van der Waals surface area contributed by atoms with Gasteiger partial charge >= 0.3 is 5.97 Å². The Morgan fingerprint density at radius 2 is 2.07 bits per heavy atom. The number of carboxylic acids is 1. The van der Waals surface area contributed by atoms with Gasteiger partial charge in [-0.2, -0.15) is 0 Å². The van der Waals surface area contributed by atoms with Crippen molar-refractivity contribution < 1.29 is 9.90 Å². The van der Waals surface area contributed by atoms with Crippen molar-refractivity contribution in [3.8, 4) is 0 Å². The van der Waals surface area contributed by atoms with Gasteiger partial charge in [-0.25, -0.2) is 0 Å². The zero-order valence-corrected chi connectivity index (χ0v) is 9.42. The molecule has 1 atom stereocenters. The van der Waals surface area contributed by atoms with E-state index in [1.165, 1.54) is 0 Å². The lowest BCUT2D eigenvalue weighted by atomic mass is 9.83. The van der Waals surface area contributed by atoms with E-state index in [9.17, 15) is 4.79 Å². The second-order valence-corrected chi connectivity index (χ2v) is 5.37. The van der Waals surface area contributed by atoms with Crippen LogP contribution in [0.5, 0.6) is 0 Å². The van der Waals surface area contributed by atoms with Crippen molar-refractivity contribution in [2.75, 3.05) is 19.6 Å². The van der Waals surface area contributed by atoms with Crippen molar-refractivity contribution in [2.45, 2.75) is 33.6 Å². The van der Waals surface area contributed by atoms with Gasteiger partial charge in [0.1, 0.15) is 0 Å². The number of nitrogens with zero attached hydrogens (tertiary/aromatic N) is 1. The Hall–Kier alpha value is -0.570. The molecule has 1 rings (SSSR count). The van der Waals surface area contributed by atoms with E-state index in [4.69, 9.17) is 5.11 Å². The van der Waals surface area contributed by atoms with Gasteiger partial charge in [0.15, 0.2) is 0 Å². The molecule has 3 heteroatoms. The fraction of sp³-hybridized carbons (Fsp3) is 0.909. The standard InChI is InChI=1S/C11H21NO2/c1-9(4-5-10(13)14)6-12-7-11(2,3)8-12/h9H,4-8H2,1-3H3,(H,13,14). The Balaban J connectivity index is 2.10. The van der Waals surface area contributed by atoms with E-state index in [1.54, 1.807) is 0 Å². The van der Waals surface area contributed by atoms with Gasteiger partial charge < -0.3 is 10.0 Å². The van der Waals surface area contributed by atoms with Crippen molar-refractivity contribution in [3.63, 3.8) is 0 Å². The average Bonchev–Trinajstić information content (AvgIpc) is 1.97. The van der Waals surface area contributed by atoms with Crippen LogP contribution in [-0.2, 0) is 4.79 Å². The molecule has 0 bridgehead atoms. The molecule has 0 aromatic rings. The average molecular weight is 199 g/mol. The molecule has 1 fully saturated rings. The molecule has 1 aliphatic heterocycles. The molecular weight excluding hydrogens is 178 g/mol. The number of carbonyl (C=O) groups is 1. The lowest BCUT2D eigenvalue weighted by molar-refractivity contribution is -0.137. The van der Waals surface area contributed by atoms with Gasteiger partial charge in [0, 0.05) is 26.1 Å². The topological polar surface area (TPSA) is 40.5 Å². The monoisotopic (exact) mass is 199 g/mol. The molecule has 1 saturated heterocycles. The van der Waals surface area contributed by atoms with Crippen molar-refractivity contribution >= 4 is 5.97 Å². The van der Waals surface area contributed by atoms with Crippen LogP contribution in [0, 0.1) is 11.3 Å². The molecule has 0 aliphatic carbocycles. The minimum atomic E-state index is -0.680. The van der Waals surface area contributed by atoms with Crippen LogP contribution < -0.4 is 0 Å². The van der Waals surface area contributed by atoms with E-state index < -0.39 is 5.97 Å². The largest absolute Gasteiger partial charge is 0.481 e. The highest BCUT2D eigenvalue weighted by Gasteiger charge is 2.34. The minimum absolute atomic E-state index is 0.304. The first-order valence-corrected chi connectivity index (χ1v) is 5.33. The molecule has 1 unspecified atom stereocenters. The van der Waals surface area contributed by atoms with Gasteiger partial charge in [0.05, 0.1) is 0 Å². The van der Waals surface area contributed by atoms with E-state index in [1.807, 2.05) is 0 Å². The minimum Gasteiger partial charge on any atom is -0.481 e. The third-order valence-electron chi connectivity index (χ3n) is 2.72. The first kappa shape index (κ1) is 11.5. The maximum absolute atomic E-state index is 10.4. The number of rotatable bonds is 5. The molecule has 0 aromatic carbocycles. The number of hydrogen-bond acceptors (Lipinski definition) is 2. The molecule has 1 aliphatic rings. The summed E-state index contributed by atoms with van der Waals surface area (Å²) in [6, 6.07) is 0. The van der Waals surface area contributed by atoms with Crippen LogP contribution in [0.15, 0.2) is 0 Å². The Bertz CT molecular complexity index is 205. The molecule has 0 radical (unpaired) electrons. The molecule has 1 heterocycles.